The first-order valence-corrected chi connectivity index (χ1v) is 2.64. The summed E-state index contributed by atoms with van der Waals surface area (Å²) in [6.07, 6.45) is 1.10. The summed E-state index contributed by atoms with van der Waals surface area (Å²) in [7, 11) is 0. The number of hydrogen-bond donors (Lipinski definition) is 0. The summed E-state index contributed by atoms with van der Waals surface area (Å²) in [4.78, 5) is 0. The van der Waals surface area contributed by atoms with Crippen LogP contribution in [0.4, 0.5) is 0 Å². The lowest BCUT2D eigenvalue weighted by Gasteiger charge is -2.32. The van der Waals surface area contributed by atoms with Crippen molar-refractivity contribution in [2.45, 2.75) is 32.8 Å². The lowest BCUT2D eigenvalue weighted by Crippen LogP contribution is -2.37. The van der Waals surface area contributed by atoms with Gasteiger partial charge in [0.05, 0.1) is 0 Å². The summed E-state index contributed by atoms with van der Waals surface area (Å²) < 4.78 is 10.1. The second-order valence-corrected chi connectivity index (χ2v) is 1.68. The monoisotopic (exact) mass is 102 g/mol. The molecule has 0 spiro atoms. The maximum atomic E-state index is 5.07. The molecule has 0 aliphatic carbocycles. The normalized spacial score (nSPS) is 40.3. The molecule has 0 saturated carbocycles. The predicted octanol–water partition coefficient (Wildman–Crippen LogP) is 1.12. The van der Waals surface area contributed by atoms with Gasteiger partial charge in [0.1, 0.15) is 0 Å². The first kappa shape index (κ1) is 5.06. The van der Waals surface area contributed by atoms with Crippen LogP contribution in [0.25, 0.3) is 0 Å². The van der Waals surface area contributed by atoms with E-state index in [1.165, 1.54) is 0 Å². The van der Waals surface area contributed by atoms with Crippen molar-refractivity contribution in [2.24, 2.45) is 0 Å². The smallest absolute Gasteiger partial charge is 0.163 e. The third-order valence-corrected chi connectivity index (χ3v) is 1.02. The van der Waals surface area contributed by atoms with E-state index in [1.54, 1.807) is 0 Å². The first-order chi connectivity index (χ1) is 3.33. The van der Waals surface area contributed by atoms with Crippen LogP contribution in [0.3, 0.4) is 0 Å². The van der Waals surface area contributed by atoms with Crippen molar-refractivity contribution in [1.82, 2.24) is 0 Å². The predicted molar refractivity (Wildman–Crippen MR) is 25.7 cm³/mol. The van der Waals surface area contributed by atoms with Gasteiger partial charge < -0.3 is 9.47 Å². The number of hydrogen-bond acceptors (Lipinski definition) is 2. The van der Waals surface area contributed by atoms with Crippen LogP contribution in [0, 0.1) is 0 Å². The standard InChI is InChI=1S/C5H10O2/c1-3-5-6-4(2)7-5/h4-5H,3H2,1-2H3. The Bertz CT molecular complexity index is 57.1. The van der Waals surface area contributed by atoms with Gasteiger partial charge in [-0.1, -0.05) is 6.92 Å². The molecule has 0 unspecified atom stereocenters. The van der Waals surface area contributed by atoms with Crippen LogP contribution in [0.5, 0.6) is 0 Å². The largest absolute Gasteiger partial charge is 0.324 e. The Morgan fingerprint density at radius 1 is 1.43 bits per heavy atom. The maximum absolute atomic E-state index is 5.07. The quantitative estimate of drug-likeness (QED) is 0.494. The molecule has 7 heavy (non-hydrogen) atoms. The summed E-state index contributed by atoms with van der Waals surface area (Å²) in [6.45, 7) is 3.93. The lowest BCUT2D eigenvalue weighted by atomic mass is 10.4. The van der Waals surface area contributed by atoms with Gasteiger partial charge in [-0.25, -0.2) is 0 Å². The van der Waals surface area contributed by atoms with E-state index in [0.717, 1.165) is 6.42 Å². The highest BCUT2D eigenvalue weighted by atomic mass is 16.9. The van der Waals surface area contributed by atoms with Crippen molar-refractivity contribution in [3.63, 3.8) is 0 Å². The maximum Gasteiger partial charge on any atom is 0.163 e. The van der Waals surface area contributed by atoms with E-state index in [-0.39, 0.29) is 12.6 Å². The molecule has 1 rings (SSSR count). The molecular formula is C5H10O2. The van der Waals surface area contributed by atoms with Gasteiger partial charge in [-0.15, -0.1) is 0 Å². The summed E-state index contributed by atoms with van der Waals surface area (Å²) in [5, 5.41) is 0. The van der Waals surface area contributed by atoms with Crippen molar-refractivity contribution in [3.8, 4) is 0 Å². The fourth-order valence-corrected chi connectivity index (χ4v) is 0.630. The van der Waals surface area contributed by atoms with Crippen LogP contribution in [0.1, 0.15) is 20.3 Å². The zero-order valence-electron chi connectivity index (χ0n) is 4.68. The van der Waals surface area contributed by atoms with Gasteiger partial charge >= 0.3 is 0 Å². The zero-order chi connectivity index (χ0) is 5.28. The molecule has 0 atom stereocenters. The molecule has 0 radical (unpaired) electrons. The highest BCUT2D eigenvalue weighted by molar-refractivity contribution is 4.50. The molecule has 42 valence electrons. The molecule has 0 aromatic rings. The highest BCUT2D eigenvalue weighted by Crippen LogP contribution is 2.17. The molecule has 1 saturated heterocycles. The first-order valence-electron chi connectivity index (χ1n) is 2.64. The Morgan fingerprint density at radius 2 is 2.00 bits per heavy atom. The van der Waals surface area contributed by atoms with E-state index in [2.05, 4.69) is 0 Å². The van der Waals surface area contributed by atoms with E-state index in [9.17, 15) is 0 Å². The molecule has 1 aliphatic rings. The average Bonchev–Trinajstić information content (AvgIpc) is 1.58. The van der Waals surface area contributed by atoms with Crippen LogP contribution < -0.4 is 0 Å². The summed E-state index contributed by atoms with van der Waals surface area (Å²) in [5.74, 6) is 0. The topological polar surface area (TPSA) is 18.5 Å². The minimum Gasteiger partial charge on any atom is -0.324 e. The Labute approximate surface area is 43.4 Å². The average molecular weight is 102 g/mol. The van der Waals surface area contributed by atoms with Gasteiger partial charge in [0.15, 0.2) is 12.6 Å². The van der Waals surface area contributed by atoms with Crippen molar-refractivity contribution in [2.75, 3.05) is 0 Å². The fourth-order valence-electron chi connectivity index (χ4n) is 0.630. The molecule has 0 bridgehead atoms. The molecule has 0 aromatic carbocycles. The van der Waals surface area contributed by atoms with E-state index >= 15 is 0 Å². The molecule has 1 fully saturated rings. The van der Waals surface area contributed by atoms with Gasteiger partial charge in [0, 0.05) is 0 Å². The Morgan fingerprint density at radius 3 is 2.14 bits per heavy atom. The zero-order valence-corrected chi connectivity index (χ0v) is 4.68. The van der Waals surface area contributed by atoms with Crippen molar-refractivity contribution in [1.29, 1.82) is 0 Å². The van der Waals surface area contributed by atoms with Gasteiger partial charge in [0.25, 0.3) is 0 Å². The number of ether oxygens (including phenoxy) is 2. The van der Waals surface area contributed by atoms with Crippen molar-refractivity contribution >= 4 is 0 Å². The summed E-state index contributed by atoms with van der Waals surface area (Å²) >= 11 is 0. The molecule has 1 aliphatic heterocycles. The van der Waals surface area contributed by atoms with E-state index in [4.69, 9.17) is 9.47 Å². The molecule has 0 amide bonds. The molecule has 2 nitrogen and oxygen atoms in total. The number of rotatable bonds is 1. The third kappa shape index (κ3) is 0.924. The second-order valence-electron chi connectivity index (χ2n) is 1.68. The lowest BCUT2D eigenvalue weighted by molar-refractivity contribution is -0.375. The van der Waals surface area contributed by atoms with E-state index < -0.39 is 0 Å². The van der Waals surface area contributed by atoms with Crippen LogP contribution in [0.15, 0.2) is 0 Å². The third-order valence-electron chi connectivity index (χ3n) is 1.02. The van der Waals surface area contributed by atoms with E-state index in [0.29, 0.717) is 0 Å². The van der Waals surface area contributed by atoms with Gasteiger partial charge in [0.2, 0.25) is 0 Å². The molecule has 0 aromatic heterocycles. The summed E-state index contributed by atoms with van der Waals surface area (Å²) in [5.41, 5.74) is 0. The fraction of sp³-hybridized carbons (Fsp3) is 1.00. The van der Waals surface area contributed by atoms with Crippen molar-refractivity contribution < 1.29 is 9.47 Å². The Balaban J connectivity index is 2.06. The minimum absolute atomic E-state index is 0.0462. The van der Waals surface area contributed by atoms with Crippen LogP contribution in [-0.4, -0.2) is 12.6 Å². The molecule has 2 heteroatoms. The van der Waals surface area contributed by atoms with Gasteiger partial charge in [-0.2, -0.15) is 0 Å². The van der Waals surface area contributed by atoms with Crippen molar-refractivity contribution in [3.05, 3.63) is 0 Å². The molecule has 1 heterocycles. The molecule has 0 N–H and O–H groups in total. The van der Waals surface area contributed by atoms with Gasteiger partial charge in [-0.3, -0.25) is 0 Å². The second kappa shape index (κ2) is 1.80. The SMILES string of the molecule is CCC1OC(C)O1. The minimum atomic E-state index is 0.0462. The van der Waals surface area contributed by atoms with Gasteiger partial charge in [-0.05, 0) is 13.3 Å². The van der Waals surface area contributed by atoms with Crippen LogP contribution in [0.2, 0.25) is 0 Å². The molecular weight excluding hydrogens is 92.1 g/mol. The van der Waals surface area contributed by atoms with Crippen LogP contribution >= 0.6 is 0 Å². The highest BCUT2D eigenvalue weighted by Gasteiger charge is 2.23. The summed E-state index contributed by atoms with van der Waals surface area (Å²) in [6, 6.07) is 0. The Kier molecular flexibility index (Phi) is 1.30. The van der Waals surface area contributed by atoms with E-state index in [1.807, 2.05) is 13.8 Å². The Hall–Kier alpha value is -0.0800. The van der Waals surface area contributed by atoms with Crippen LogP contribution in [-0.2, 0) is 9.47 Å².